The van der Waals surface area contributed by atoms with Crippen LogP contribution >= 0.6 is 22.9 Å². The minimum atomic E-state index is -0.296. The normalized spacial score (nSPS) is 11.6. The fraction of sp³-hybridized carbons (Fsp3) is 0.0952. The first-order valence-corrected chi connectivity index (χ1v) is 9.93. The van der Waals surface area contributed by atoms with E-state index in [-0.39, 0.29) is 10.9 Å². The van der Waals surface area contributed by atoms with Crippen molar-refractivity contribution in [3.63, 3.8) is 0 Å². The van der Waals surface area contributed by atoms with Crippen LogP contribution in [-0.2, 0) is 6.54 Å². The number of ether oxygens (including phenoxy) is 1. The van der Waals surface area contributed by atoms with Crippen LogP contribution in [0.25, 0.3) is 22.1 Å². The summed E-state index contributed by atoms with van der Waals surface area (Å²) >= 11 is 7.50. The Kier molecular flexibility index (Phi) is 5.59. The molecule has 6 nitrogen and oxygen atoms in total. The quantitative estimate of drug-likeness (QED) is 0.472. The van der Waals surface area contributed by atoms with Gasteiger partial charge in [0.1, 0.15) is 5.76 Å². The van der Waals surface area contributed by atoms with Crippen molar-refractivity contribution in [1.29, 1.82) is 0 Å². The van der Waals surface area contributed by atoms with Gasteiger partial charge in [-0.2, -0.15) is 0 Å². The molecule has 146 valence electrons. The molecule has 0 aliphatic heterocycles. The third-order valence-electron chi connectivity index (χ3n) is 4.14. The summed E-state index contributed by atoms with van der Waals surface area (Å²) in [6.45, 7) is 0.416. The van der Waals surface area contributed by atoms with Crippen molar-refractivity contribution in [2.75, 3.05) is 7.11 Å². The molecule has 4 aromatic rings. The highest BCUT2D eigenvalue weighted by Crippen LogP contribution is 2.31. The molecule has 2 heterocycles. The fourth-order valence-electron chi connectivity index (χ4n) is 2.74. The van der Waals surface area contributed by atoms with Crippen LogP contribution < -0.4 is 10.1 Å². The van der Waals surface area contributed by atoms with Crippen LogP contribution in [0.3, 0.4) is 0 Å². The molecule has 0 spiro atoms. The Bertz CT molecular complexity index is 1180. The van der Waals surface area contributed by atoms with Crippen molar-refractivity contribution < 1.29 is 13.9 Å². The summed E-state index contributed by atoms with van der Waals surface area (Å²) in [4.78, 5) is 12.3. The lowest BCUT2D eigenvalue weighted by molar-refractivity contribution is 0.0950. The number of carbonyl (C=O) groups is 1. The van der Waals surface area contributed by atoms with Gasteiger partial charge in [0.25, 0.3) is 5.91 Å². The Morgan fingerprint density at radius 2 is 1.97 bits per heavy atom. The van der Waals surface area contributed by atoms with Crippen LogP contribution in [-0.4, -0.2) is 23.2 Å². The van der Waals surface area contributed by atoms with Gasteiger partial charge in [-0.25, -0.2) is 0 Å². The lowest BCUT2D eigenvalue weighted by Gasteiger charge is -2.01. The topological polar surface area (TPSA) is 77.2 Å². The Balaban J connectivity index is 1.49. The zero-order chi connectivity index (χ0) is 20.2. The SMILES string of the molecule is COc1cccc2cc(/C=C(/Cl)c3nnc(C(=O)NCc4ccccc4)s3)oc12. The van der Waals surface area contributed by atoms with E-state index in [2.05, 4.69) is 15.5 Å². The fourth-order valence-corrected chi connectivity index (χ4v) is 3.67. The van der Waals surface area contributed by atoms with Crippen LogP contribution in [0.2, 0.25) is 0 Å². The number of furan rings is 1. The molecular weight excluding hydrogens is 410 g/mol. The van der Waals surface area contributed by atoms with E-state index in [0.717, 1.165) is 22.3 Å². The van der Waals surface area contributed by atoms with Gasteiger partial charge < -0.3 is 14.5 Å². The van der Waals surface area contributed by atoms with E-state index in [1.807, 2.05) is 54.6 Å². The number of fused-ring (bicyclic) bond motifs is 1. The maximum absolute atomic E-state index is 12.3. The molecule has 0 unspecified atom stereocenters. The third-order valence-corrected chi connectivity index (χ3v) is 5.49. The molecule has 2 aromatic heterocycles. The van der Waals surface area contributed by atoms with Gasteiger partial charge in [-0.15, -0.1) is 10.2 Å². The minimum Gasteiger partial charge on any atom is -0.493 e. The molecule has 0 saturated carbocycles. The molecule has 29 heavy (non-hydrogen) atoms. The van der Waals surface area contributed by atoms with Crippen molar-refractivity contribution in [2.24, 2.45) is 0 Å². The summed E-state index contributed by atoms with van der Waals surface area (Å²) < 4.78 is 11.1. The van der Waals surface area contributed by atoms with E-state index in [4.69, 9.17) is 20.8 Å². The zero-order valence-electron chi connectivity index (χ0n) is 15.4. The molecule has 0 aliphatic carbocycles. The molecule has 4 rings (SSSR count). The predicted octanol–water partition coefficient (Wildman–Crippen LogP) is 4.96. The molecule has 0 radical (unpaired) electrons. The van der Waals surface area contributed by atoms with E-state index in [1.54, 1.807) is 13.2 Å². The lowest BCUT2D eigenvalue weighted by atomic mass is 10.2. The summed E-state index contributed by atoms with van der Waals surface area (Å²) in [5, 5.41) is 12.7. The molecule has 0 aliphatic rings. The van der Waals surface area contributed by atoms with Crippen LogP contribution in [0.15, 0.2) is 59.0 Å². The summed E-state index contributed by atoms with van der Waals surface area (Å²) in [7, 11) is 1.59. The number of amides is 1. The smallest absolute Gasteiger partial charge is 0.282 e. The van der Waals surface area contributed by atoms with Crippen LogP contribution in [0.4, 0.5) is 0 Å². The number of methoxy groups -OCH3 is 1. The van der Waals surface area contributed by atoms with Gasteiger partial charge in [0, 0.05) is 18.0 Å². The molecule has 8 heteroatoms. The van der Waals surface area contributed by atoms with Gasteiger partial charge in [-0.05, 0) is 17.7 Å². The molecule has 1 N–H and O–H groups in total. The first kappa shape index (κ1) is 19.2. The molecule has 1 amide bonds. The first-order chi connectivity index (χ1) is 14.1. The summed E-state index contributed by atoms with van der Waals surface area (Å²) in [5.41, 5.74) is 1.65. The van der Waals surface area contributed by atoms with Crippen LogP contribution in [0.5, 0.6) is 5.75 Å². The predicted molar refractivity (Wildman–Crippen MR) is 114 cm³/mol. The Morgan fingerprint density at radius 3 is 2.76 bits per heavy atom. The van der Waals surface area contributed by atoms with Crippen molar-refractivity contribution in [2.45, 2.75) is 6.54 Å². The monoisotopic (exact) mass is 425 g/mol. The van der Waals surface area contributed by atoms with Crippen molar-refractivity contribution in [1.82, 2.24) is 15.5 Å². The highest BCUT2D eigenvalue weighted by Gasteiger charge is 2.15. The summed E-state index contributed by atoms with van der Waals surface area (Å²) in [6, 6.07) is 17.1. The van der Waals surface area contributed by atoms with Gasteiger partial charge in [-0.1, -0.05) is 65.4 Å². The minimum absolute atomic E-state index is 0.244. The molecule has 0 fully saturated rings. The second-order valence-electron chi connectivity index (χ2n) is 6.10. The third kappa shape index (κ3) is 4.31. The lowest BCUT2D eigenvalue weighted by Crippen LogP contribution is -2.22. The van der Waals surface area contributed by atoms with Gasteiger partial charge in [0.2, 0.25) is 5.01 Å². The average molecular weight is 426 g/mol. The van der Waals surface area contributed by atoms with E-state index >= 15 is 0 Å². The standard InChI is InChI=1S/C21H16ClN3O3S/c1-27-17-9-5-8-14-10-15(28-18(14)17)11-16(22)20-24-25-21(29-20)19(26)23-12-13-6-3-2-4-7-13/h2-11H,12H2,1H3,(H,23,26)/b16-11+. The van der Waals surface area contributed by atoms with Gasteiger partial charge in [0.15, 0.2) is 16.3 Å². The zero-order valence-corrected chi connectivity index (χ0v) is 17.0. The van der Waals surface area contributed by atoms with Crippen molar-refractivity contribution in [3.05, 3.63) is 75.9 Å². The van der Waals surface area contributed by atoms with Crippen molar-refractivity contribution in [3.8, 4) is 5.75 Å². The largest absolute Gasteiger partial charge is 0.493 e. The first-order valence-electron chi connectivity index (χ1n) is 8.74. The summed E-state index contributed by atoms with van der Waals surface area (Å²) in [5.74, 6) is 0.905. The maximum Gasteiger partial charge on any atom is 0.282 e. The van der Waals surface area contributed by atoms with E-state index in [9.17, 15) is 4.79 Å². The number of aromatic nitrogens is 2. The number of nitrogens with zero attached hydrogens (tertiary/aromatic N) is 2. The number of carbonyl (C=O) groups excluding carboxylic acids is 1. The van der Waals surface area contributed by atoms with Gasteiger partial charge in [-0.3, -0.25) is 4.79 Å². The Hall–Kier alpha value is -3.16. The van der Waals surface area contributed by atoms with Crippen LogP contribution in [0.1, 0.15) is 26.1 Å². The molecule has 2 aromatic carbocycles. The van der Waals surface area contributed by atoms with E-state index in [1.165, 1.54) is 0 Å². The number of rotatable bonds is 6. The summed E-state index contributed by atoms with van der Waals surface area (Å²) in [6.07, 6.45) is 1.65. The van der Waals surface area contributed by atoms with Crippen molar-refractivity contribution >= 4 is 50.9 Å². The van der Waals surface area contributed by atoms with Gasteiger partial charge in [0.05, 0.1) is 12.1 Å². The number of hydrogen-bond donors (Lipinski definition) is 1. The number of benzene rings is 2. The number of nitrogens with one attached hydrogen (secondary N) is 1. The number of hydrogen-bond acceptors (Lipinski definition) is 6. The van der Waals surface area contributed by atoms with E-state index in [0.29, 0.717) is 33.7 Å². The highest BCUT2D eigenvalue weighted by molar-refractivity contribution is 7.15. The molecule has 0 bridgehead atoms. The molecular formula is C21H16ClN3O3S. The highest BCUT2D eigenvalue weighted by atomic mass is 35.5. The average Bonchev–Trinajstić information content (AvgIpc) is 3.39. The molecule has 0 saturated heterocycles. The van der Waals surface area contributed by atoms with Crippen LogP contribution in [0, 0.1) is 0 Å². The Morgan fingerprint density at radius 1 is 1.17 bits per heavy atom. The van der Waals surface area contributed by atoms with Gasteiger partial charge >= 0.3 is 0 Å². The number of halogens is 1. The molecule has 0 atom stereocenters. The second kappa shape index (κ2) is 8.46. The maximum atomic E-state index is 12.3. The number of para-hydroxylation sites is 1. The second-order valence-corrected chi connectivity index (χ2v) is 7.49. The Labute approximate surface area is 175 Å². The van der Waals surface area contributed by atoms with E-state index < -0.39 is 0 Å².